The molecule has 2 radical (unpaired) electrons. The van der Waals surface area contributed by atoms with Gasteiger partial charge in [-0.15, -0.1) is 0 Å². The Morgan fingerprint density at radius 3 is 0.393 bits per heavy atom. The van der Waals surface area contributed by atoms with Crippen LogP contribution in [-0.4, -0.2) is 485 Å². The fraction of sp³-hybridized carbons (Fsp3) is 1.00. The van der Waals surface area contributed by atoms with Crippen molar-refractivity contribution in [2.24, 2.45) is 0 Å². The number of hydrogen-bond donors (Lipinski definition) is 0. The zero-order valence-corrected chi connectivity index (χ0v) is 130. The Morgan fingerprint density at radius 1 is 0.141 bits per heavy atom. The molecular formula is C12H36O61Si62. The molecule has 0 aliphatic rings. The Hall–Kier alpha value is 1.57. The van der Waals surface area contributed by atoms with Gasteiger partial charge in [-0.25, -0.2) is 0 Å². The van der Waals surface area contributed by atoms with Gasteiger partial charge in [0.05, 0.1) is 0 Å². The lowest BCUT2D eigenvalue weighted by atomic mass is 11.8. The molecule has 0 saturated heterocycles. The summed E-state index contributed by atoms with van der Waals surface area (Å²) in [7, 11) is -279. The van der Waals surface area contributed by atoms with Crippen LogP contribution in [0.25, 0.3) is 0 Å². The summed E-state index contributed by atoms with van der Waals surface area (Å²) >= 11 is 0. The molecule has 0 fully saturated rings. The predicted octanol–water partition coefficient (Wildman–Crippen LogP) is -23.6. The number of rotatable bonds is 66. The van der Waals surface area contributed by atoms with Crippen LogP contribution in [0.4, 0.5) is 0 Å². The van der Waals surface area contributed by atoms with Gasteiger partial charge in [0.2, 0.25) is 0 Å². The van der Waals surface area contributed by atoms with Gasteiger partial charge in [-0.2, -0.15) is 0 Å². The fourth-order valence-corrected chi connectivity index (χ4v) is 671. The molecule has 0 aliphatic carbocycles. The molecule has 123 heteroatoms. The van der Waals surface area contributed by atoms with Crippen LogP contribution in [0, 0.1) is 0 Å². The molecule has 0 atom stereocenters. The summed E-state index contributed by atoms with van der Waals surface area (Å²) in [4.78, 5) is 0. The highest BCUT2D eigenvalue weighted by Crippen LogP contribution is 2.16. The van der Waals surface area contributed by atoms with Gasteiger partial charge < -0.3 is 270 Å². The van der Waals surface area contributed by atoms with Crippen molar-refractivity contribution in [1.29, 1.82) is 0 Å². The molecule has 135 heavy (non-hydrogen) atoms. The lowest BCUT2D eigenvalue weighted by molar-refractivity contribution is 0.377. The standard InChI is InChI=1S/C12H36O61Si62/c1-131(2,3)69-74-78(16)82(20)86(24)90(28)94(32)97(35)100(38)103(41)106(44)104(42)101(39)98(36)95(33)91(29)89(27)85(23)81(19)77(15)72-135(11,12)130(68)128(66)126(64)124(62)122(60)121(59)120(58)119(57)118(56)117(55)116(54)115(53)114(52)113(51)112(50)111(49)110(48)109(47)108(46)107(45)105(43)102(40)99(37)96(34)92(30)88(26)84(22)80(18)76(14)71-134(9,10)129(67)127(65)125(63)123(61)93(31)87(25)83(21)79(17)75(13)70-133(7,8)73-132(4,5)6/h1-12H3. The van der Waals surface area contributed by atoms with E-state index >= 15 is 0 Å². The molecule has 0 aromatic carbocycles. The van der Waals surface area contributed by atoms with Crippen molar-refractivity contribution >= 4 is 485 Å². The molecule has 698 valence electrons. The van der Waals surface area contributed by atoms with Crippen LogP contribution < -0.4 is 0 Å². The normalized spacial score (nSPS) is 10.8. The summed E-state index contributed by atoms with van der Waals surface area (Å²) in [6.45, 7) is 15.4. The third-order valence-corrected chi connectivity index (χ3v) is 466. The van der Waals surface area contributed by atoms with Crippen LogP contribution >= 0.6 is 0 Å². The Labute approximate surface area is 823 Å². The summed E-state index contributed by atoms with van der Waals surface area (Å²) in [5, 5.41) is 0. The van der Waals surface area contributed by atoms with Crippen molar-refractivity contribution in [1.82, 2.24) is 0 Å². The molecular weight excluding hydrogens is 2860 g/mol. The molecule has 0 heterocycles. The highest BCUT2D eigenvalue weighted by molar-refractivity contribution is 7.87. The smallest absolute Gasteiger partial charge is 0.533 e. The third kappa shape index (κ3) is 37.9. The van der Waals surface area contributed by atoms with Gasteiger partial charge in [0.25, 0.3) is 25.0 Å². The van der Waals surface area contributed by atoms with Gasteiger partial charge in [0, 0.05) is 0 Å². The van der Waals surface area contributed by atoms with Crippen molar-refractivity contribution in [3.63, 3.8) is 0 Å². The zero-order chi connectivity index (χ0) is 107. The minimum absolute atomic E-state index is 0.632. The fourth-order valence-electron chi connectivity index (χ4n) is 7.59. The van der Waals surface area contributed by atoms with Crippen LogP contribution in [0.1, 0.15) is 0 Å². The van der Waals surface area contributed by atoms with E-state index in [1.165, 1.54) is 13.1 Å². The predicted molar refractivity (Wildman–Crippen MR) is 471 cm³/mol. The summed E-state index contributed by atoms with van der Waals surface area (Å²) in [5.41, 5.74) is 0. The SMILES string of the molecule is C[Si](C)(C)O[Si][Si](=O)[Si](=O)[Si](=O)[Si](=O)[Si](=O)[Si](=O)[Si](=O)[Si](=O)[Si](=O)[Si](=O)[Si](=O)[Si](=O)[Si](=O)[Si](=O)[Si](=O)[Si](=O)[Si](=O)[Si](=O)O[Si](C)(C)[Si](=O)[Si](=O)[Si](=O)[Si](=O)[Si](=O)[Si](=O)[Si](=O)[Si](=O)[Si](=O)[Si](=O)[Si](=O)[Si](=O)[Si](=O)[Si](=O)[Si](=O)[Si](=O)[Si](=O)[Si](=O)[Si](=O)[Si](=O)[Si](=O)[Si](=O)[Si](=O)[Si](=O)[Si](=O)[Si](=O)[Si](=O)[Si](=O)[Si](=O)O[Si](C)(C)[Si](=O)[Si](=O)[Si](=O)[Si](=O)[Si](=O)[Si](=O)[Si](=O)[Si](=O)[Si](=O)O[Si](C)(C)O[Si](C)(C)C. The zero-order valence-electron chi connectivity index (χ0n) is 67.9. The second kappa shape index (κ2) is 58.1. The molecule has 0 rings (SSSR count). The van der Waals surface area contributed by atoms with E-state index in [9.17, 15) is 250 Å². The first-order valence-corrected chi connectivity index (χ1v) is 184. The van der Waals surface area contributed by atoms with Gasteiger partial charge in [-0.1, -0.05) is 0 Å². The van der Waals surface area contributed by atoms with E-state index in [0.29, 0.717) is 13.1 Å². The molecule has 0 saturated carbocycles. The van der Waals surface area contributed by atoms with Crippen LogP contribution in [0.15, 0.2) is 0 Å². The minimum atomic E-state index is -4.97. The highest BCUT2D eigenvalue weighted by atomic mass is 30.2. The van der Waals surface area contributed by atoms with Crippen molar-refractivity contribution in [2.45, 2.75) is 78.6 Å². The maximum absolute atomic E-state index is 13.5. The highest BCUT2D eigenvalue weighted by Gasteiger charge is 2.64. The van der Waals surface area contributed by atoms with E-state index in [2.05, 4.69) is 0 Å². The van der Waals surface area contributed by atoms with Crippen molar-refractivity contribution in [3.05, 3.63) is 0 Å². The average molecular weight is 2900 g/mol. The van der Waals surface area contributed by atoms with E-state index in [0.717, 1.165) is 13.1 Å². The van der Waals surface area contributed by atoms with Crippen LogP contribution in [0.5, 0.6) is 0 Å². The molecule has 0 amide bonds. The van der Waals surface area contributed by atoms with E-state index in [1.54, 1.807) is 39.3 Å². The largest absolute Gasteiger partial charge is 0.575 e. The van der Waals surface area contributed by atoms with Gasteiger partial charge in [0.15, 0.2) is 16.6 Å². The Bertz CT molecular complexity index is 6280. The maximum atomic E-state index is 13.5. The van der Waals surface area contributed by atoms with Crippen LogP contribution in [-0.2, 0) is 270 Å². The minimum Gasteiger partial charge on any atom is -0.575 e. The maximum Gasteiger partial charge on any atom is 0.533 e. The van der Waals surface area contributed by atoms with Gasteiger partial charge in [0.1, 0.15) is 0 Å². The summed E-state index contributed by atoms with van der Waals surface area (Å²) < 4.78 is 753. The topological polar surface area (TPSA) is 1000 Å². The third-order valence-electron chi connectivity index (χ3n) is 14.0. The molecule has 0 aromatic rings. The summed E-state index contributed by atoms with van der Waals surface area (Å²) in [6, 6.07) is 0. The molecule has 0 unspecified atom stereocenters. The van der Waals surface area contributed by atoms with E-state index in [-0.39, 0.29) is 0 Å². The van der Waals surface area contributed by atoms with Crippen molar-refractivity contribution < 1.29 is 270 Å². The summed E-state index contributed by atoms with van der Waals surface area (Å²) in [5.74, 6) is 0. The van der Waals surface area contributed by atoms with Gasteiger partial charge in [-0.3, -0.25) is 0 Å². The van der Waals surface area contributed by atoms with E-state index in [1.807, 2.05) is 0 Å². The molecule has 0 N–H and O–H groups in total. The second-order valence-electron chi connectivity index (χ2n) is 27.6. The first-order valence-electron chi connectivity index (χ1n) is 33.5. The van der Waals surface area contributed by atoms with Gasteiger partial charge in [-0.05, 0) is 78.6 Å². The monoisotopic (exact) mass is 2890 g/mol. The lowest BCUT2D eigenvalue weighted by Crippen LogP contribution is -2.59. The molecule has 61 nitrogen and oxygen atoms in total. The average Bonchev–Trinajstić information content (AvgIpc) is 0.810. The molecule has 0 bridgehead atoms. The molecule has 0 aliphatic heterocycles. The van der Waals surface area contributed by atoms with Crippen LogP contribution in [0.2, 0.25) is 78.6 Å². The first-order chi connectivity index (χ1) is 60.8. The number of hydrogen-bond acceptors (Lipinski definition) is 61. The Morgan fingerprint density at radius 2 is 0.259 bits per heavy atom. The van der Waals surface area contributed by atoms with E-state index < -0.39 is 485 Å². The second-order valence-corrected chi connectivity index (χ2v) is 321. The Balaban J connectivity index is 6.07. The quantitative estimate of drug-likeness (QED) is 0.0510. The van der Waals surface area contributed by atoms with Gasteiger partial charge >= 0.3 is 443 Å². The van der Waals surface area contributed by atoms with Crippen LogP contribution in [0.3, 0.4) is 0 Å². The Kier molecular flexibility index (Phi) is 58.8. The lowest BCUT2D eigenvalue weighted by Gasteiger charge is -2.30. The summed E-state index contributed by atoms with van der Waals surface area (Å²) in [6.07, 6.45) is 0. The van der Waals surface area contributed by atoms with E-state index in [4.69, 9.17) is 20.6 Å². The van der Waals surface area contributed by atoms with Crippen molar-refractivity contribution in [2.75, 3.05) is 0 Å². The van der Waals surface area contributed by atoms with Crippen molar-refractivity contribution in [3.8, 4) is 0 Å². The molecule has 0 aromatic heterocycles. The first kappa shape index (κ1) is 137. The molecule has 0 spiro atoms.